The lowest BCUT2D eigenvalue weighted by molar-refractivity contribution is 0.0425. The minimum Gasteiger partial charge on any atom is -0.376 e. The summed E-state index contributed by atoms with van der Waals surface area (Å²) in [4.78, 5) is 17.4. The maximum atomic E-state index is 14.3. The summed E-state index contributed by atoms with van der Waals surface area (Å²) < 4.78 is 33.7. The number of piperidine rings is 1. The van der Waals surface area contributed by atoms with Crippen LogP contribution in [-0.4, -0.2) is 60.6 Å². The van der Waals surface area contributed by atoms with E-state index >= 15 is 0 Å². The van der Waals surface area contributed by atoms with Crippen molar-refractivity contribution in [2.75, 3.05) is 32.8 Å². The normalized spacial score (nSPS) is 24.3. The first-order valence-corrected chi connectivity index (χ1v) is 11.2. The van der Waals surface area contributed by atoms with Gasteiger partial charge in [-0.15, -0.1) is 0 Å². The maximum absolute atomic E-state index is 14.3. The first kappa shape index (κ1) is 20.7. The lowest BCUT2D eigenvalue weighted by atomic mass is 9.94. The minimum atomic E-state index is -1.05. The number of hydrogen-bond acceptors (Lipinski definition) is 3. The van der Waals surface area contributed by atoms with Gasteiger partial charge in [0.25, 0.3) is 5.91 Å². The molecule has 4 nitrogen and oxygen atoms in total. The Kier molecular flexibility index (Phi) is 6.81. The summed E-state index contributed by atoms with van der Waals surface area (Å²) in [5.74, 6) is -2.05. The molecule has 2 saturated heterocycles. The van der Waals surface area contributed by atoms with Crippen molar-refractivity contribution in [1.82, 2.24) is 9.80 Å². The van der Waals surface area contributed by atoms with Gasteiger partial charge >= 0.3 is 0 Å². The van der Waals surface area contributed by atoms with Gasteiger partial charge in [0.05, 0.1) is 11.7 Å². The molecule has 1 aliphatic carbocycles. The summed E-state index contributed by atoms with van der Waals surface area (Å²) in [7, 11) is 0. The molecule has 0 N–H and O–H groups in total. The van der Waals surface area contributed by atoms with Gasteiger partial charge in [-0.3, -0.25) is 4.79 Å². The first-order chi connectivity index (χ1) is 14.1. The summed E-state index contributed by atoms with van der Waals surface area (Å²) in [5, 5.41) is 0. The van der Waals surface area contributed by atoms with Crippen LogP contribution in [-0.2, 0) is 4.74 Å². The number of carbonyl (C=O) groups is 1. The number of hydrogen-bond donors (Lipinski definition) is 0. The fourth-order valence-corrected chi connectivity index (χ4v) is 5.20. The molecule has 0 aromatic heterocycles. The average Bonchev–Trinajstić information content (AvgIpc) is 3.44. The zero-order chi connectivity index (χ0) is 20.2. The molecule has 1 atom stereocenters. The van der Waals surface area contributed by atoms with Crippen LogP contribution in [0.1, 0.15) is 61.7 Å². The van der Waals surface area contributed by atoms with E-state index in [1.54, 1.807) is 4.90 Å². The molecular formula is C23H32F2N2O2. The molecule has 6 heteroatoms. The molecule has 1 aromatic rings. The predicted octanol–water partition coefficient (Wildman–Crippen LogP) is 4.24. The average molecular weight is 407 g/mol. The molecular weight excluding hydrogens is 374 g/mol. The van der Waals surface area contributed by atoms with Gasteiger partial charge in [-0.25, -0.2) is 8.78 Å². The highest BCUT2D eigenvalue weighted by Crippen LogP contribution is 2.29. The van der Waals surface area contributed by atoms with Crippen molar-refractivity contribution in [2.24, 2.45) is 5.92 Å². The standard InChI is InChI=1S/C23H32F2N2O2/c24-21-9-3-8-20(22(21)25)23(28)27(16-19-7-4-14-29-19)15-17-10-12-26(13-11-17)18-5-1-2-6-18/h3,8-9,17-19H,1-2,4-7,10-16H2. The van der Waals surface area contributed by atoms with Crippen molar-refractivity contribution in [3.05, 3.63) is 35.4 Å². The zero-order valence-electron chi connectivity index (χ0n) is 17.1. The number of likely N-dealkylation sites (tertiary alicyclic amines) is 1. The molecule has 29 heavy (non-hydrogen) atoms. The number of benzene rings is 1. The summed E-state index contributed by atoms with van der Waals surface area (Å²) in [6, 6.07) is 4.57. The fourth-order valence-electron chi connectivity index (χ4n) is 5.20. The van der Waals surface area contributed by atoms with E-state index in [-0.39, 0.29) is 11.7 Å². The predicted molar refractivity (Wildman–Crippen MR) is 108 cm³/mol. The molecule has 160 valence electrons. The molecule has 2 aliphatic heterocycles. The second kappa shape index (κ2) is 9.52. The third-order valence-electron chi connectivity index (χ3n) is 6.89. The van der Waals surface area contributed by atoms with Crippen molar-refractivity contribution in [1.29, 1.82) is 0 Å². The van der Waals surface area contributed by atoms with E-state index in [0.29, 0.717) is 25.6 Å². The van der Waals surface area contributed by atoms with Crippen molar-refractivity contribution >= 4 is 5.91 Å². The highest BCUT2D eigenvalue weighted by atomic mass is 19.2. The molecule has 1 aromatic carbocycles. The van der Waals surface area contributed by atoms with Gasteiger partial charge in [0.2, 0.25) is 0 Å². The molecule has 3 aliphatic rings. The molecule has 1 unspecified atom stereocenters. The third kappa shape index (κ3) is 4.97. The lowest BCUT2D eigenvalue weighted by Crippen LogP contribution is -2.45. The topological polar surface area (TPSA) is 32.8 Å². The summed E-state index contributed by atoms with van der Waals surface area (Å²) in [5.41, 5.74) is -0.175. The van der Waals surface area contributed by atoms with Gasteiger partial charge in [0.1, 0.15) is 0 Å². The number of carbonyl (C=O) groups excluding carboxylic acids is 1. The molecule has 1 amide bonds. The zero-order valence-corrected chi connectivity index (χ0v) is 17.1. The Labute approximate surface area is 172 Å². The van der Waals surface area contributed by atoms with Gasteiger partial charge in [-0.2, -0.15) is 0 Å². The van der Waals surface area contributed by atoms with Gasteiger partial charge in [-0.05, 0) is 69.7 Å². The second-order valence-electron chi connectivity index (χ2n) is 8.86. The van der Waals surface area contributed by atoms with Gasteiger partial charge in [-0.1, -0.05) is 18.9 Å². The lowest BCUT2D eigenvalue weighted by Gasteiger charge is -2.38. The van der Waals surface area contributed by atoms with Crippen LogP contribution in [0.5, 0.6) is 0 Å². The Morgan fingerprint density at radius 2 is 1.79 bits per heavy atom. The van der Waals surface area contributed by atoms with Gasteiger partial charge in [0, 0.05) is 25.7 Å². The third-order valence-corrected chi connectivity index (χ3v) is 6.89. The molecule has 3 fully saturated rings. The van der Waals surface area contributed by atoms with Gasteiger partial charge in [0.15, 0.2) is 11.6 Å². The SMILES string of the molecule is O=C(c1cccc(F)c1F)N(CC1CCN(C2CCCC2)CC1)CC1CCCO1. The number of ether oxygens (including phenoxy) is 1. The maximum Gasteiger partial charge on any atom is 0.257 e. The van der Waals surface area contributed by atoms with E-state index < -0.39 is 17.5 Å². The molecule has 2 heterocycles. The van der Waals surface area contributed by atoms with Crippen molar-refractivity contribution in [2.45, 2.75) is 63.5 Å². The second-order valence-corrected chi connectivity index (χ2v) is 8.86. The van der Waals surface area contributed by atoms with Crippen LogP contribution < -0.4 is 0 Å². The van der Waals surface area contributed by atoms with Crippen LogP contribution in [0, 0.1) is 17.6 Å². The molecule has 0 spiro atoms. The van der Waals surface area contributed by atoms with E-state index in [0.717, 1.165) is 50.9 Å². The van der Waals surface area contributed by atoms with E-state index in [9.17, 15) is 13.6 Å². The van der Waals surface area contributed by atoms with Crippen LogP contribution in [0.25, 0.3) is 0 Å². The number of halogens is 2. The highest BCUT2D eigenvalue weighted by molar-refractivity contribution is 5.94. The smallest absolute Gasteiger partial charge is 0.257 e. The molecule has 0 radical (unpaired) electrons. The van der Waals surface area contributed by atoms with Crippen LogP contribution >= 0.6 is 0 Å². The molecule has 0 bridgehead atoms. The molecule has 1 saturated carbocycles. The van der Waals surface area contributed by atoms with Crippen molar-refractivity contribution in [3.63, 3.8) is 0 Å². The number of rotatable bonds is 6. The van der Waals surface area contributed by atoms with Gasteiger partial charge < -0.3 is 14.5 Å². The highest BCUT2D eigenvalue weighted by Gasteiger charge is 2.31. The van der Waals surface area contributed by atoms with E-state index in [4.69, 9.17) is 4.74 Å². The Bertz CT molecular complexity index is 694. The van der Waals surface area contributed by atoms with Crippen LogP contribution in [0.2, 0.25) is 0 Å². The van der Waals surface area contributed by atoms with Crippen LogP contribution in [0.4, 0.5) is 8.78 Å². The van der Waals surface area contributed by atoms with Crippen molar-refractivity contribution in [3.8, 4) is 0 Å². The Morgan fingerprint density at radius 1 is 1.03 bits per heavy atom. The Balaban J connectivity index is 1.41. The molecule has 4 rings (SSSR count). The van der Waals surface area contributed by atoms with E-state index in [1.807, 2.05) is 0 Å². The minimum absolute atomic E-state index is 0.00542. The largest absolute Gasteiger partial charge is 0.376 e. The van der Waals surface area contributed by atoms with Crippen LogP contribution in [0.15, 0.2) is 18.2 Å². The van der Waals surface area contributed by atoms with Crippen LogP contribution in [0.3, 0.4) is 0 Å². The fraction of sp³-hybridized carbons (Fsp3) is 0.696. The number of nitrogens with zero attached hydrogens (tertiary/aromatic N) is 2. The Morgan fingerprint density at radius 3 is 2.48 bits per heavy atom. The monoisotopic (exact) mass is 406 g/mol. The number of amides is 1. The Hall–Kier alpha value is -1.53. The quantitative estimate of drug-likeness (QED) is 0.708. The summed E-state index contributed by atoms with van der Waals surface area (Å²) >= 11 is 0. The van der Waals surface area contributed by atoms with Crippen molar-refractivity contribution < 1.29 is 18.3 Å². The van der Waals surface area contributed by atoms with E-state index in [2.05, 4.69) is 4.90 Å². The summed E-state index contributed by atoms with van der Waals surface area (Å²) in [6.45, 7) is 3.91. The summed E-state index contributed by atoms with van der Waals surface area (Å²) in [6.07, 6.45) is 9.31. The first-order valence-electron chi connectivity index (χ1n) is 11.2. The van der Waals surface area contributed by atoms with E-state index in [1.165, 1.54) is 37.8 Å².